The van der Waals surface area contributed by atoms with E-state index in [1.165, 1.54) is 14.2 Å². The Balaban J connectivity index is 1.77. The van der Waals surface area contributed by atoms with Crippen LogP contribution in [-0.4, -0.2) is 32.6 Å². The highest BCUT2D eigenvalue weighted by Crippen LogP contribution is 2.36. The zero-order chi connectivity index (χ0) is 20.4. The van der Waals surface area contributed by atoms with E-state index in [4.69, 9.17) is 21.1 Å². The van der Waals surface area contributed by atoms with Gasteiger partial charge in [-0.1, -0.05) is 27.5 Å². The van der Waals surface area contributed by atoms with E-state index in [-0.39, 0.29) is 18.2 Å². The molecule has 0 aliphatic carbocycles. The van der Waals surface area contributed by atoms with Crippen molar-refractivity contribution in [2.45, 2.75) is 13.3 Å². The van der Waals surface area contributed by atoms with Crippen molar-refractivity contribution in [3.8, 4) is 11.5 Å². The number of methoxy groups -OCH3 is 2. The van der Waals surface area contributed by atoms with Gasteiger partial charge in [0.2, 0.25) is 11.8 Å². The molecule has 2 amide bonds. The highest BCUT2D eigenvalue weighted by atomic mass is 79.9. The summed E-state index contributed by atoms with van der Waals surface area (Å²) in [6.07, 6.45) is 0.147. The van der Waals surface area contributed by atoms with Crippen molar-refractivity contribution < 1.29 is 19.1 Å². The molecule has 0 aromatic heterocycles. The predicted octanol–water partition coefficient (Wildman–Crippen LogP) is 4.42. The summed E-state index contributed by atoms with van der Waals surface area (Å²) in [7, 11) is 2.98. The molecule has 1 aliphatic heterocycles. The van der Waals surface area contributed by atoms with Gasteiger partial charge in [0.1, 0.15) is 11.5 Å². The van der Waals surface area contributed by atoms with Gasteiger partial charge in [0, 0.05) is 35.3 Å². The molecule has 0 radical (unpaired) electrons. The van der Waals surface area contributed by atoms with E-state index in [1.54, 1.807) is 17.0 Å². The van der Waals surface area contributed by atoms with Crippen LogP contribution < -0.4 is 19.7 Å². The third-order valence-corrected chi connectivity index (χ3v) is 5.87. The van der Waals surface area contributed by atoms with E-state index in [1.807, 2.05) is 25.1 Å². The minimum absolute atomic E-state index is 0.0810. The van der Waals surface area contributed by atoms with Crippen LogP contribution >= 0.6 is 27.5 Å². The Kier molecular flexibility index (Phi) is 6.15. The second-order valence-electron chi connectivity index (χ2n) is 6.52. The quantitative estimate of drug-likeness (QED) is 0.707. The highest BCUT2D eigenvalue weighted by Gasteiger charge is 2.35. The minimum atomic E-state index is -0.470. The SMILES string of the molecule is COc1cc(NC(=O)C2CC(=O)N(c3ccc(Br)c(C)c3)C2)c(OC)cc1Cl. The highest BCUT2D eigenvalue weighted by molar-refractivity contribution is 9.10. The fourth-order valence-electron chi connectivity index (χ4n) is 3.12. The fraction of sp³-hybridized carbons (Fsp3) is 0.300. The Labute approximate surface area is 176 Å². The largest absolute Gasteiger partial charge is 0.495 e. The lowest BCUT2D eigenvalue weighted by atomic mass is 10.1. The zero-order valence-electron chi connectivity index (χ0n) is 15.7. The maximum Gasteiger partial charge on any atom is 0.229 e. The second kappa shape index (κ2) is 8.41. The molecule has 6 nitrogen and oxygen atoms in total. The standard InChI is InChI=1S/C20H20BrClN2O4/c1-11-6-13(4-5-14(11)21)24-10-12(7-19(24)25)20(26)23-16-9-17(27-2)15(22)8-18(16)28-3/h4-6,8-9,12H,7,10H2,1-3H3,(H,23,26). The lowest BCUT2D eigenvalue weighted by molar-refractivity contribution is -0.122. The summed E-state index contributed by atoms with van der Waals surface area (Å²) in [4.78, 5) is 26.9. The van der Waals surface area contributed by atoms with Gasteiger partial charge in [-0.2, -0.15) is 0 Å². The summed E-state index contributed by atoms with van der Waals surface area (Å²) in [5.74, 6) is 0.0359. The molecule has 0 bridgehead atoms. The minimum Gasteiger partial charge on any atom is -0.495 e. The predicted molar refractivity (Wildman–Crippen MR) is 113 cm³/mol. The van der Waals surface area contributed by atoms with E-state index < -0.39 is 5.92 Å². The van der Waals surface area contributed by atoms with Crippen LogP contribution in [0.15, 0.2) is 34.8 Å². The molecule has 8 heteroatoms. The summed E-state index contributed by atoms with van der Waals surface area (Å²) in [6.45, 7) is 2.28. The summed E-state index contributed by atoms with van der Waals surface area (Å²) in [5, 5.41) is 3.21. The van der Waals surface area contributed by atoms with E-state index in [0.717, 1.165) is 15.7 Å². The third kappa shape index (κ3) is 4.10. The van der Waals surface area contributed by atoms with Crippen molar-refractivity contribution in [1.29, 1.82) is 0 Å². The molecule has 1 N–H and O–H groups in total. The van der Waals surface area contributed by atoms with Gasteiger partial charge < -0.3 is 19.7 Å². The number of nitrogens with one attached hydrogen (secondary N) is 1. The number of ether oxygens (including phenoxy) is 2. The van der Waals surface area contributed by atoms with E-state index in [9.17, 15) is 9.59 Å². The number of aryl methyl sites for hydroxylation is 1. The number of hydrogen-bond donors (Lipinski definition) is 1. The molecule has 2 aromatic rings. The van der Waals surface area contributed by atoms with Crippen LogP contribution in [-0.2, 0) is 9.59 Å². The van der Waals surface area contributed by atoms with Crippen molar-refractivity contribution >= 4 is 50.7 Å². The van der Waals surface area contributed by atoms with Crippen molar-refractivity contribution in [1.82, 2.24) is 0 Å². The van der Waals surface area contributed by atoms with E-state index >= 15 is 0 Å². The summed E-state index contributed by atoms with van der Waals surface area (Å²) in [6, 6.07) is 8.87. The van der Waals surface area contributed by atoms with Crippen LogP contribution in [0.25, 0.3) is 0 Å². The molecule has 1 saturated heterocycles. The van der Waals surface area contributed by atoms with Crippen LogP contribution in [0.3, 0.4) is 0 Å². The van der Waals surface area contributed by atoms with Crippen LogP contribution in [0.5, 0.6) is 11.5 Å². The lowest BCUT2D eigenvalue weighted by Crippen LogP contribution is -2.28. The fourth-order valence-corrected chi connectivity index (χ4v) is 3.60. The summed E-state index contributed by atoms with van der Waals surface area (Å²) in [5.41, 5.74) is 2.25. The molecular weight excluding hydrogens is 448 g/mol. The van der Waals surface area contributed by atoms with Crippen molar-refractivity contribution in [2.24, 2.45) is 5.92 Å². The Morgan fingerprint density at radius 2 is 1.93 bits per heavy atom. The van der Waals surface area contributed by atoms with Gasteiger partial charge in [0.25, 0.3) is 0 Å². The average Bonchev–Trinajstić information content (AvgIpc) is 3.06. The van der Waals surface area contributed by atoms with Crippen LogP contribution in [0.4, 0.5) is 11.4 Å². The number of amides is 2. The van der Waals surface area contributed by atoms with Crippen LogP contribution in [0.1, 0.15) is 12.0 Å². The molecule has 1 fully saturated rings. The van der Waals surface area contributed by atoms with Crippen LogP contribution in [0, 0.1) is 12.8 Å². The number of carbonyl (C=O) groups excluding carboxylic acids is 2. The lowest BCUT2D eigenvalue weighted by Gasteiger charge is -2.18. The van der Waals surface area contributed by atoms with Crippen molar-refractivity contribution in [2.75, 3.05) is 31.0 Å². The Hall–Kier alpha value is -2.25. The molecule has 2 aromatic carbocycles. The molecule has 1 unspecified atom stereocenters. The number of rotatable bonds is 5. The van der Waals surface area contributed by atoms with Gasteiger partial charge in [-0.3, -0.25) is 9.59 Å². The Morgan fingerprint density at radius 1 is 1.21 bits per heavy atom. The summed E-state index contributed by atoms with van der Waals surface area (Å²) < 4.78 is 11.5. The first-order valence-corrected chi connectivity index (χ1v) is 9.80. The zero-order valence-corrected chi connectivity index (χ0v) is 18.1. The normalized spacial score (nSPS) is 16.2. The molecule has 1 aliphatic rings. The van der Waals surface area contributed by atoms with E-state index in [0.29, 0.717) is 28.8 Å². The number of hydrogen-bond acceptors (Lipinski definition) is 4. The van der Waals surface area contributed by atoms with Gasteiger partial charge in [-0.25, -0.2) is 0 Å². The van der Waals surface area contributed by atoms with Crippen molar-refractivity contribution in [3.05, 3.63) is 45.4 Å². The number of carbonyl (C=O) groups is 2. The van der Waals surface area contributed by atoms with E-state index in [2.05, 4.69) is 21.2 Å². The number of benzene rings is 2. The summed E-state index contributed by atoms with van der Waals surface area (Å²) >= 11 is 9.56. The third-order valence-electron chi connectivity index (χ3n) is 4.68. The Bertz CT molecular complexity index is 935. The Morgan fingerprint density at radius 3 is 2.57 bits per heavy atom. The maximum atomic E-state index is 12.8. The van der Waals surface area contributed by atoms with Gasteiger partial charge >= 0.3 is 0 Å². The number of nitrogens with zero attached hydrogens (tertiary/aromatic N) is 1. The maximum absolute atomic E-state index is 12.8. The van der Waals surface area contributed by atoms with Gasteiger partial charge in [0.15, 0.2) is 0 Å². The number of anilines is 2. The molecule has 1 heterocycles. The van der Waals surface area contributed by atoms with Gasteiger partial charge in [-0.15, -0.1) is 0 Å². The number of halogens is 2. The molecular formula is C20H20BrClN2O4. The van der Waals surface area contributed by atoms with Gasteiger partial charge in [0.05, 0.1) is 30.8 Å². The molecule has 0 spiro atoms. The average molecular weight is 468 g/mol. The molecule has 148 valence electrons. The van der Waals surface area contributed by atoms with Crippen molar-refractivity contribution in [3.63, 3.8) is 0 Å². The van der Waals surface area contributed by atoms with Crippen LogP contribution in [0.2, 0.25) is 5.02 Å². The first-order chi connectivity index (χ1) is 13.3. The first-order valence-electron chi connectivity index (χ1n) is 8.63. The second-order valence-corrected chi connectivity index (χ2v) is 7.78. The topological polar surface area (TPSA) is 67.9 Å². The monoisotopic (exact) mass is 466 g/mol. The van der Waals surface area contributed by atoms with Gasteiger partial charge in [-0.05, 0) is 30.7 Å². The molecule has 3 rings (SSSR count). The molecule has 28 heavy (non-hydrogen) atoms. The molecule has 1 atom stereocenters. The molecule has 0 saturated carbocycles. The first kappa shape index (κ1) is 20.5. The smallest absolute Gasteiger partial charge is 0.229 e.